The molecule has 0 bridgehead atoms. The van der Waals surface area contributed by atoms with Crippen LogP contribution in [0.15, 0.2) is 66.9 Å². The molecule has 0 atom stereocenters. The van der Waals surface area contributed by atoms with Gasteiger partial charge < -0.3 is 0 Å². The third-order valence-electron chi connectivity index (χ3n) is 3.25. The molecule has 0 unspecified atom stereocenters. The third-order valence-corrected chi connectivity index (χ3v) is 3.25. The summed E-state index contributed by atoms with van der Waals surface area (Å²) in [5.41, 5.74) is 1.04. The van der Waals surface area contributed by atoms with E-state index in [0.717, 1.165) is 16.3 Å². The molecule has 3 aromatic rings. The first-order chi connectivity index (χ1) is 9.74. The van der Waals surface area contributed by atoms with Crippen LogP contribution in [0.1, 0.15) is 5.56 Å². The van der Waals surface area contributed by atoms with Crippen LogP contribution in [0.4, 0.5) is 5.82 Å². The summed E-state index contributed by atoms with van der Waals surface area (Å²) < 4.78 is 1.68. The average Bonchev–Trinajstić information content (AvgIpc) is 2.47. The molecule has 4 heteroatoms. The Bertz CT molecular complexity index is 770. The third kappa shape index (κ3) is 2.36. The Balaban J connectivity index is 2.12. The highest BCUT2D eigenvalue weighted by Crippen LogP contribution is 2.17. The molecule has 0 spiro atoms. The normalized spacial score (nSPS) is 10.6. The molecule has 0 N–H and O–H groups in total. The van der Waals surface area contributed by atoms with Gasteiger partial charge in [-0.2, -0.15) is 0 Å². The van der Waals surface area contributed by atoms with Crippen molar-refractivity contribution in [1.29, 1.82) is 0 Å². The first-order valence-corrected chi connectivity index (χ1v) is 6.34. The summed E-state index contributed by atoms with van der Waals surface area (Å²) in [4.78, 5) is 10.9. The number of nitrogens with zero attached hydrogens (tertiary/aromatic N) is 2. The summed E-state index contributed by atoms with van der Waals surface area (Å²) in [6.07, 6.45) is 1.83. The van der Waals surface area contributed by atoms with Gasteiger partial charge >= 0.3 is 5.82 Å². The Morgan fingerprint density at radius 2 is 1.60 bits per heavy atom. The molecule has 1 heterocycles. The molecule has 3 rings (SSSR count). The van der Waals surface area contributed by atoms with Gasteiger partial charge in [0.05, 0.1) is 6.07 Å². The highest BCUT2D eigenvalue weighted by atomic mass is 16.6. The summed E-state index contributed by atoms with van der Waals surface area (Å²) in [7, 11) is 0. The molecule has 0 saturated carbocycles. The molecule has 0 radical (unpaired) electrons. The number of fused-ring (bicyclic) bond motifs is 1. The van der Waals surface area contributed by atoms with E-state index in [0.29, 0.717) is 6.54 Å². The Hall–Kier alpha value is -2.75. The maximum absolute atomic E-state index is 11.2. The number of hydrogen-bond donors (Lipinski definition) is 0. The minimum absolute atomic E-state index is 0.104. The predicted molar refractivity (Wildman–Crippen MR) is 76.3 cm³/mol. The SMILES string of the molecule is O=[N+]([O-])c1cc2ccccc2c[n+]1Cc1ccccc1. The van der Waals surface area contributed by atoms with Gasteiger partial charge in [0.15, 0.2) is 12.7 Å². The van der Waals surface area contributed by atoms with Crippen LogP contribution in [-0.2, 0) is 6.54 Å². The van der Waals surface area contributed by atoms with Crippen molar-refractivity contribution in [3.63, 3.8) is 0 Å². The molecule has 0 aliphatic rings. The van der Waals surface area contributed by atoms with Crippen molar-refractivity contribution in [3.05, 3.63) is 82.5 Å². The van der Waals surface area contributed by atoms with Gasteiger partial charge in [0.25, 0.3) is 0 Å². The number of hydrogen-bond acceptors (Lipinski definition) is 2. The molecule has 0 amide bonds. The van der Waals surface area contributed by atoms with Gasteiger partial charge in [-0.1, -0.05) is 48.5 Å². The number of aromatic nitrogens is 1. The molecule has 0 aliphatic carbocycles. The molecule has 0 fully saturated rings. The van der Waals surface area contributed by atoms with Gasteiger partial charge in [0.2, 0.25) is 0 Å². The van der Waals surface area contributed by atoms with E-state index in [-0.39, 0.29) is 10.7 Å². The van der Waals surface area contributed by atoms with Gasteiger partial charge in [-0.15, -0.1) is 4.57 Å². The fraction of sp³-hybridized carbons (Fsp3) is 0.0625. The first-order valence-electron chi connectivity index (χ1n) is 6.34. The van der Waals surface area contributed by atoms with E-state index in [1.165, 1.54) is 0 Å². The van der Waals surface area contributed by atoms with E-state index < -0.39 is 0 Å². The minimum Gasteiger partial charge on any atom is -0.253 e. The smallest absolute Gasteiger partial charge is 0.253 e. The highest BCUT2D eigenvalue weighted by Gasteiger charge is 2.23. The number of nitro groups is 1. The van der Waals surface area contributed by atoms with E-state index in [2.05, 4.69) is 0 Å². The maximum Gasteiger partial charge on any atom is 0.502 e. The fourth-order valence-corrected chi connectivity index (χ4v) is 2.28. The van der Waals surface area contributed by atoms with Crippen molar-refractivity contribution in [2.24, 2.45) is 0 Å². The Kier molecular flexibility index (Phi) is 3.13. The highest BCUT2D eigenvalue weighted by molar-refractivity contribution is 5.81. The quantitative estimate of drug-likeness (QED) is 0.415. The number of rotatable bonds is 3. The van der Waals surface area contributed by atoms with Gasteiger partial charge in [-0.25, -0.2) is 0 Å². The lowest BCUT2D eigenvalue weighted by Gasteiger charge is -2.01. The summed E-state index contributed by atoms with van der Waals surface area (Å²) in [6, 6.07) is 19.0. The van der Waals surface area contributed by atoms with Crippen LogP contribution in [0.5, 0.6) is 0 Å². The Morgan fingerprint density at radius 3 is 2.30 bits per heavy atom. The van der Waals surface area contributed by atoms with Crippen LogP contribution < -0.4 is 4.57 Å². The molecule has 1 aromatic heterocycles. The molecule has 0 aliphatic heterocycles. The van der Waals surface area contributed by atoms with E-state index in [1.807, 2.05) is 60.8 Å². The fourth-order valence-electron chi connectivity index (χ4n) is 2.28. The molecular weight excluding hydrogens is 252 g/mol. The summed E-state index contributed by atoms with van der Waals surface area (Å²) in [6.45, 7) is 0.488. The predicted octanol–water partition coefficient (Wildman–Crippen LogP) is 3.08. The molecule has 4 nitrogen and oxygen atoms in total. The Morgan fingerprint density at radius 1 is 0.950 bits per heavy atom. The second-order valence-electron chi connectivity index (χ2n) is 4.63. The van der Waals surface area contributed by atoms with Crippen molar-refractivity contribution >= 4 is 16.6 Å². The lowest BCUT2D eigenvalue weighted by Crippen LogP contribution is -2.36. The van der Waals surface area contributed by atoms with Crippen molar-refractivity contribution in [1.82, 2.24) is 0 Å². The van der Waals surface area contributed by atoms with Crippen LogP contribution >= 0.6 is 0 Å². The van der Waals surface area contributed by atoms with E-state index in [1.54, 1.807) is 10.6 Å². The number of pyridine rings is 1. The zero-order chi connectivity index (χ0) is 13.9. The lowest BCUT2D eigenvalue weighted by atomic mass is 10.1. The van der Waals surface area contributed by atoms with Gasteiger partial charge in [-0.3, -0.25) is 10.1 Å². The Labute approximate surface area is 116 Å². The van der Waals surface area contributed by atoms with Crippen LogP contribution in [0.25, 0.3) is 10.8 Å². The van der Waals surface area contributed by atoms with E-state index >= 15 is 0 Å². The van der Waals surface area contributed by atoms with E-state index in [4.69, 9.17) is 0 Å². The van der Waals surface area contributed by atoms with Crippen molar-refractivity contribution < 1.29 is 9.49 Å². The second kappa shape index (κ2) is 5.09. The summed E-state index contributed by atoms with van der Waals surface area (Å²) in [5, 5.41) is 13.1. The van der Waals surface area contributed by atoms with Crippen LogP contribution in [0.2, 0.25) is 0 Å². The molecule has 0 saturated heterocycles. The molecule has 98 valence electrons. The zero-order valence-electron chi connectivity index (χ0n) is 10.8. The summed E-state index contributed by atoms with van der Waals surface area (Å²) in [5.74, 6) is 0.104. The van der Waals surface area contributed by atoms with Gasteiger partial charge in [0.1, 0.15) is 4.92 Å². The molecule has 20 heavy (non-hydrogen) atoms. The number of benzene rings is 2. The topological polar surface area (TPSA) is 47.0 Å². The zero-order valence-corrected chi connectivity index (χ0v) is 10.8. The first kappa shape index (κ1) is 12.3. The molecule has 2 aromatic carbocycles. The maximum atomic E-state index is 11.2. The lowest BCUT2D eigenvalue weighted by molar-refractivity contribution is -0.728. The van der Waals surface area contributed by atoms with Gasteiger partial charge in [0, 0.05) is 16.3 Å². The minimum atomic E-state index is -0.338. The van der Waals surface area contributed by atoms with Gasteiger partial charge in [-0.05, 0) is 6.07 Å². The average molecular weight is 265 g/mol. The summed E-state index contributed by atoms with van der Waals surface area (Å²) >= 11 is 0. The van der Waals surface area contributed by atoms with Crippen molar-refractivity contribution in [2.75, 3.05) is 0 Å². The largest absolute Gasteiger partial charge is 0.502 e. The second-order valence-corrected chi connectivity index (χ2v) is 4.63. The van der Waals surface area contributed by atoms with Crippen LogP contribution in [0.3, 0.4) is 0 Å². The standard InChI is InChI=1S/C16H13N2O2/c19-18(20)16-10-14-8-4-5-9-15(14)12-17(16)11-13-6-2-1-3-7-13/h1-10,12H,11H2/q+1. The van der Waals surface area contributed by atoms with Crippen molar-refractivity contribution in [3.8, 4) is 0 Å². The van der Waals surface area contributed by atoms with Crippen LogP contribution in [0, 0.1) is 10.1 Å². The van der Waals surface area contributed by atoms with Crippen LogP contribution in [-0.4, -0.2) is 4.92 Å². The van der Waals surface area contributed by atoms with Crippen molar-refractivity contribution in [2.45, 2.75) is 6.54 Å². The monoisotopic (exact) mass is 265 g/mol. The molecular formula is C16H13N2O2+. The van der Waals surface area contributed by atoms with E-state index in [9.17, 15) is 10.1 Å².